The quantitative estimate of drug-likeness (QED) is 0.303. The monoisotopic (exact) mass is 448 g/mol. The lowest BCUT2D eigenvalue weighted by molar-refractivity contribution is 0.0490. The lowest BCUT2D eigenvalue weighted by Crippen LogP contribution is -2.39. The average molecular weight is 448 g/mol. The van der Waals surface area contributed by atoms with Gasteiger partial charge in [-0.1, -0.05) is 42.5 Å². The summed E-state index contributed by atoms with van der Waals surface area (Å²) < 4.78 is 15.3. The number of hydrogen-bond acceptors (Lipinski definition) is 6. The van der Waals surface area contributed by atoms with Crippen LogP contribution >= 0.6 is 0 Å². The Labute approximate surface area is 189 Å². The van der Waals surface area contributed by atoms with Crippen LogP contribution in [0, 0.1) is 0 Å². The molecule has 0 N–H and O–H groups in total. The van der Waals surface area contributed by atoms with E-state index in [1.54, 1.807) is 42.9 Å². The van der Waals surface area contributed by atoms with E-state index >= 15 is 0 Å². The second kappa shape index (κ2) is 9.56. The van der Waals surface area contributed by atoms with Crippen LogP contribution in [0.25, 0.3) is 11.2 Å². The Morgan fingerprint density at radius 2 is 1.73 bits per heavy atom. The number of fused-ring (bicyclic) bond motifs is 1. The van der Waals surface area contributed by atoms with Crippen molar-refractivity contribution in [3.8, 4) is 5.75 Å². The average Bonchev–Trinajstić information content (AvgIpc) is 3.23. The number of esters is 1. The van der Waals surface area contributed by atoms with Crippen molar-refractivity contribution in [1.29, 1.82) is 0 Å². The Hall–Kier alpha value is -4.14. The number of ether oxygens (including phenoxy) is 2. The molecule has 0 aliphatic rings. The number of aryl methyl sites for hydroxylation is 2. The highest BCUT2D eigenvalue weighted by atomic mass is 16.5. The van der Waals surface area contributed by atoms with Crippen LogP contribution < -0.4 is 16.0 Å². The van der Waals surface area contributed by atoms with Crippen molar-refractivity contribution in [1.82, 2.24) is 18.7 Å². The van der Waals surface area contributed by atoms with E-state index in [9.17, 15) is 14.4 Å². The summed E-state index contributed by atoms with van der Waals surface area (Å²) in [5, 5.41) is 0. The van der Waals surface area contributed by atoms with Crippen molar-refractivity contribution in [3.63, 3.8) is 0 Å². The Balaban J connectivity index is 1.39. The van der Waals surface area contributed by atoms with E-state index in [4.69, 9.17) is 9.47 Å². The third kappa shape index (κ3) is 4.57. The smallest absolute Gasteiger partial charge is 0.341 e. The second-order valence-corrected chi connectivity index (χ2v) is 7.59. The van der Waals surface area contributed by atoms with Crippen molar-refractivity contribution >= 4 is 17.1 Å². The summed E-state index contributed by atoms with van der Waals surface area (Å²) in [5.41, 5.74) is 1.10. The fourth-order valence-corrected chi connectivity index (χ4v) is 3.56. The molecule has 33 heavy (non-hydrogen) atoms. The molecule has 0 aliphatic heterocycles. The summed E-state index contributed by atoms with van der Waals surface area (Å²) in [5.74, 6) is -0.0981. The Bertz CT molecular complexity index is 1400. The molecule has 0 radical (unpaired) electrons. The molecule has 9 nitrogen and oxygen atoms in total. The molecule has 2 aromatic carbocycles. The van der Waals surface area contributed by atoms with Crippen molar-refractivity contribution in [2.75, 3.05) is 6.61 Å². The van der Waals surface area contributed by atoms with Gasteiger partial charge in [-0.15, -0.1) is 0 Å². The second-order valence-electron chi connectivity index (χ2n) is 7.59. The molecule has 0 amide bonds. The molecule has 170 valence electrons. The van der Waals surface area contributed by atoms with Gasteiger partial charge in [0.15, 0.2) is 11.2 Å². The van der Waals surface area contributed by atoms with Gasteiger partial charge in [-0.3, -0.25) is 13.9 Å². The van der Waals surface area contributed by atoms with Gasteiger partial charge >= 0.3 is 11.7 Å². The highest BCUT2D eigenvalue weighted by Gasteiger charge is 2.16. The number of hydrogen-bond donors (Lipinski definition) is 0. The number of rotatable bonds is 8. The fraction of sp³-hybridized carbons (Fsp3) is 0.250. The summed E-state index contributed by atoms with van der Waals surface area (Å²) in [6, 6.07) is 16.5. The normalized spacial score (nSPS) is 11.0. The van der Waals surface area contributed by atoms with Gasteiger partial charge in [0.05, 0.1) is 12.9 Å². The number of carbonyl (C=O) groups is 1. The van der Waals surface area contributed by atoms with Crippen LogP contribution in [0.1, 0.15) is 22.3 Å². The molecular weight excluding hydrogens is 424 g/mol. The summed E-state index contributed by atoms with van der Waals surface area (Å²) in [6.45, 7) is 0.491. The molecule has 2 aromatic heterocycles. The minimum atomic E-state index is -0.527. The van der Waals surface area contributed by atoms with E-state index in [1.165, 1.54) is 10.9 Å². The molecule has 9 heteroatoms. The van der Waals surface area contributed by atoms with Crippen LogP contribution in [0.3, 0.4) is 0 Å². The van der Waals surface area contributed by atoms with Gasteiger partial charge in [-0.25, -0.2) is 14.6 Å². The zero-order valence-electron chi connectivity index (χ0n) is 18.4. The molecule has 0 saturated heterocycles. The Morgan fingerprint density at radius 3 is 2.52 bits per heavy atom. The van der Waals surface area contributed by atoms with E-state index in [-0.39, 0.29) is 13.2 Å². The first-order chi connectivity index (χ1) is 16.0. The van der Waals surface area contributed by atoms with Crippen LogP contribution in [0.15, 0.2) is 70.5 Å². The summed E-state index contributed by atoms with van der Waals surface area (Å²) in [6.07, 6.45) is 1.80. The molecule has 0 saturated carbocycles. The zero-order chi connectivity index (χ0) is 23.4. The van der Waals surface area contributed by atoms with Gasteiger partial charge in [0, 0.05) is 20.6 Å². The first-order valence-corrected chi connectivity index (χ1v) is 10.5. The van der Waals surface area contributed by atoms with E-state index < -0.39 is 17.2 Å². The van der Waals surface area contributed by atoms with E-state index in [1.807, 2.05) is 30.3 Å². The molecule has 4 aromatic rings. The largest absolute Gasteiger partial charge is 0.488 e. The summed E-state index contributed by atoms with van der Waals surface area (Å²) in [4.78, 5) is 42.0. The lowest BCUT2D eigenvalue weighted by atomic mass is 10.2. The van der Waals surface area contributed by atoms with Crippen molar-refractivity contribution in [3.05, 3.63) is 92.9 Å². The molecule has 0 bridgehead atoms. The third-order valence-corrected chi connectivity index (χ3v) is 5.30. The van der Waals surface area contributed by atoms with Gasteiger partial charge in [-0.05, 0) is 24.1 Å². The molecule has 0 aliphatic carbocycles. The van der Waals surface area contributed by atoms with Gasteiger partial charge in [-0.2, -0.15) is 0 Å². The summed E-state index contributed by atoms with van der Waals surface area (Å²) >= 11 is 0. The predicted octanol–water partition coefficient (Wildman–Crippen LogP) is 2.26. The maximum Gasteiger partial charge on any atom is 0.341 e. The van der Waals surface area contributed by atoms with Gasteiger partial charge in [0.2, 0.25) is 0 Å². The van der Waals surface area contributed by atoms with E-state index in [2.05, 4.69) is 4.98 Å². The first kappa shape index (κ1) is 22.1. The van der Waals surface area contributed by atoms with E-state index in [0.717, 1.165) is 10.1 Å². The standard InChI is InChI=1S/C24H24N4O5/c1-26-16-25-21-20(26)22(29)28(24(31)27(21)2)13-8-14-32-23(30)18-11-6-7-12-19(18)33-15-17-9-4-3-5-10-17/h3-7,9-12,16H,8,13-15H2,1-2H3. The minimum absolute atomic E-state index is 0.0465. The highest BCUT2D eigenvalue weighted by Crippen LogP contribution is 2.20. The van der Waals surface area contributed by atoms with Crippen LogP contribution in [0.2, 0.25) is 0 Å². The van der Waals surface area contributed by atoms with E-state index in [0.29, 0.717) is 35.5 Å². The topological polar surface area (TPSA) is 97.4 Å². The molecule has 0 unspecified atom stereocenters. The molecule has 4 rings (SSSR count). The van der Waals surface area contributed by atoms with Gasteiger partial charge in [0.1, 0.15) is 17.9 Å². The molecule has 0 atom stereocenters. The van der Waals surface area contributed by atoms with Gasteiger partial charge < -0.3 is 14.0 Å². The molecule has 0 spiro atoms. The Morgan fingerprint density at radius 1 is 1.00 bits per heavy atom. The van der Waals surface area contributed by atoms with Crippen LogP contribution in [0.5, 0.6) is 5.75 Å². The van der Waals surface area contributed by atoms with Crippen molar-refractivity contribution in [2.45, 2.75) is 19.6 Å². The predicted molar refractivity (Wildman–Crippen MR) is 122 cm³/mol. The lowest BCUT2D eigenvalue weighted by Gasteiger charge is -2.12. The van der Waals surface area contributed by atoms with Gasteiger partial charge in [0.25, 0.3) is 5.56 Å². The maximum absolute atomic E-state index is 12.7. The minimum Gasteiger partial charge on any atom is -0.488 e. The van der Waals surface area contributed by atoms with Crippen LogP contribution in [-0.2, 0) is 32.0 Å². The number of para-hydroxylation sites is 1. The zero-order valence-corrected chi connectivity index (χ0v) is 18.4. The first-order valence-electron chi connectivity index (χ1n) is 10.5. The molecule has 0 fully saturated rings. The number of aromatic nitrogens is 4. The Kier molecular flexibility index (Phi) is 6.39. The summed E-state index contributed by atoms with van der Waals surface area (Å²) in [7, 11) is 3.27. The SMILES string of the molecule is Cn1cnc2c1c(=O)n(CCCOC(=O)c1ccccc1OCc1ccccc1)c(=O)n2C. The third-order valence-electron chi connectivity index (χ3n) is 5.30. The van der Waals surface area contributed by atoms with Crippen molar-refractivity contribution in [2.24, 2.45) is 14.1 Å². The number of benzene rings is 2. The highest BCUT2D eigenvalue weighted by molar-refractivity contribution is 5.92. The molecule has 2 heterocycles. The number of carbonyl (C=O) groups excluding carboxylic acids is 1. The van der Waals surface area contributed by atoms with Crippen LogP contribution in [-0.4, -0.2) is 31.3 Å². The maximum atomic E-state index is 12.7. The number of nitrogens with zero attached hydrogens (tertiary/aromatic N) is 4. The number of imidazole rings is 1. The molecular formula is C24H24N4O5. The fourth-order valence-electron chi connectivity index (χ4n) is 3.56. The van der Waals surface area contributed by atoms with Crippen molar-refractivity contribution < 1.29 is 14.3 Å². The van der Waals surface area contributed by atoms with Crippen LogP contribution in [0.4, 0.5) is 0 Å².